The maximum atomic E-state index is 13.2. The van der Waals surface area contributed by atoms with Gasteiger partial charge in [-0.15, -0.1) is 0 Å². The molecule has 4 rings (SSSR count). The fraction of sp³-hybridized carbons (Fsp3) is 0.435. The Hall–Kier alpha value is -2.07. The normalized spacial score (nSPS) is 18.6. The fourth-order valence-corrected chi connectivity index (χ4v) is 6.14. The van der Waals surface area contributed by atoms with Gasteiger partial charge in [0.15, 0.2) is 0 Å². The largest absolute Gasteiger partial charge is 0.489 e. The van der Waals surface area contributed by atoms with Crippen LogP contribution in [0.25, 0.3) is 0 Å². The SMILES string of the molecule is O=C(NS(=O)(=O)c1ccccc1Cl)N1CCC(N2CCC(Oc3ccc(F)cc3Cl)CC2)CC1. The Morgan fingerprint density at radius 2 is 1.65 bits per heavy atom. The Labute approximate surface area is 208 Å². The van der Waals surface area contributed by atoms with Crippen LogP contribution in [0.3, 0.4) is 0 Å². The average molecular weight is 530 g/mol. The van der Waals surface area contributed by atoms with E-state index in [-0.39, 0.29) is 21.0 Å². The van der Waals surface area contributed by atoms with E-state index in [2.05, 4.69) is 9.62 Å². The topological polar surface area (TPSA) is 79.0 Å². The Bertz CT molecular complexity index is 1130. The van der Waals surface area contributed by atoms with Crippen molar-refractivity contribution in [3.05, 3.63) is 58.3 Å². The number of nitrogens with zero attached hydrogens (tertiary/aromatic N) is 2. The molecule has 184 valence electrons. The van der Waals surface area contributed by atoms with Gasteiger partial charge in [0, 0.05) is 32.2 Å². The minimum atomic E-state index is -4.04. The quantitative estimate of drug-likeness (QED) is 0.615. The number of likely N-dealkylation sites (tertiary alicyclic amines) is 2. The van der Waals surface area contributed by atoms with Crippen molar-refractivity contribution in [2.24, 2.45) is 0 Å². The zero-order valence-corrected chi connectivity index (χ0v) is 20.8. The highest BCUT2D eigenvalue weighted by Crippen LogP contribution is 2.29. The maximum Gasteiger partial charge on any atom is 0.331 e. The van der Waals surface area contributed by atoms with E-state index in [4.69, 9.17) is 27.9 Å². The van der Waals surface area contributed by atoms with E-state index in [1.54, 1.807) is 18.2 Å². The maximum absolute atomic E-state index is 13.2. The first-order valence-corrected chi connectivity index (χ1v) is 13.4. The van der Waals surface area contributed by atoms with Crippen LogP contribution < -0.4 is 9.46 Å². The fourth-order valence-electron chi connectivity index (χ4n) is 4.44. The minimum absolute atomic E-state index is 0.0140. The van der Waals surface area contributed by atoms with Gasteiger partial charge in [0.1, 0.15) is 22.6 Å². The zero-order valence-electron chi connectivity index (χ0n) is 18.4. The minimum Gasteiger partial charge on any atom is -0.489 e. The molecule has 0 spiro atoms. The van der Waals surface area contributed by atoms with E-state index >= 15 is 0 Å². The van der Waals surface area contributed by atoms with Crippen LogP contribution >= 0.6 is 23.2 Å². The van der Waals surface area contributed by atoms with Crippen LogP contribution in [0.1, 0.15) is 25.7 Å². The van der Waals surface area contributed by atoms with Crippen LogP contribution in [-0.2, 0) is 10.0 Å². The Kier molecular flexibility index (Phi) is 7.87. The molecule has 7 nitrogen and oxygen atoms in total. The van der Waals surface area contributed by atoms with Gasteiger partial charge in [0.2, 0.25) is 0 Å². The Balaban J connectivity index is 1.24. The van der Waals surface area contributed by atoms with Crippen LogP contribution in [0.15, 0.2) is 47.4 Å². The summed E-state index contributed by atoms with van der Waals surface area (Å²) in [6.07, 6.45) is 3.18. The monoisotopic (exact) mass is 529 g/mol. The molecule has 0 bridgehead atoms. The first-order valence-electron chi connectivity index (χ1n) is 11.1. The van der Waals surface area contributed by atoms with Crippen molar-refractivity contribution in [1.29, 1.82) is 0 Å². The van der Waals surface area contributed by atoms with Gasteiger partial charge in [0.25, 0.3) is 10.0 Å². The summed E-state index contributed by atoms with van der Waals surface area (Å²) in [5, 5.41) is 0.334. The molecular formula is C23H26Cl2FN3O4S. The molecule has 2 aliphatic heterocycles. The summed E-state index contributed by atoms with van der Waals surface area (Å²) >= 11 is 12.0. The number of sulfonamides is 1. The highest BCUT2D eigenvalue weighted by Gasteiger charge is 2.32. The van der Waals surface area contributed by atoms with Crippen molar-refractivity contribution in [3.8, 4) is 5.75 Å². The number of hydrogen-bond donors (Lipinski definition) is 1. The third kappa shape index (κ3) is 5.94. The van der Waals surface area contributed by atoms with Crippen LogP contribution in [0.5, 0.6) is 5.75 Å². The van der Waals surface area contributed by atoms with Gasteiger partial charge in [-0.05, 0) is 56.0 Å². The number of nitrogens with one attached hydrogen (secondary N) is 1. The van der Waals surface area contributed by atoms with Gasteiger partial charge in [-0.1, -0.05) is 35.3 Å². The first kappa shape index (κ1) is 25.0. The second kappa shape index (κ2) is 10.7. The number of ether oxygens (including phenoxy) is 1. The van der Waals surface area contributed by atoms with Crippen LogP contribution in [0, 0.1) is 5.82 Å². The number of hydrogen-bond acceptors (Lipinski definition) is 5. The molecule has 0 unspecified atom stereocenters. The van der Waals surface area contributed by atoms with E-state index in [9.17, 15) is 17.6 Å². The summed E-state index contributed by atoms with van der Waals surface area (Å²) < 4.78 is 46.4. The van der Waals surface area contributed by atoms with E-state index in [0.29, 0.717) is 24.9 Å². The van der Waals surface area contributed by atoms with Crippen molar-refractivity contribution < 1.29 is 22.3 Å². The van der Waals surface area contributed by atoms with E-state index in [1.165, 1.54) is 29.2 Å². The van der Waals surface area contributed by atoms with Gasteiger partial charge in [-0.3, -0.25) is 4.90 Å². The second-order valence-electron chi connectivity index (χ2n) is 8.49. The number of amides is 2. The summed E-state index contributed by atoms with van der Waals surface area (Å²) in [6.45, 7) is 2.63. The summed E-state index contributed by atoms with van der Waals surface area (Å²) in [6, 6.07) is 9.82. The molecule has 2 aromatic rings. The lowest BCUT2D eigenvalue weighted by atomic mass is 9.99. The molecule has 0 aromatic heterocycles. The molecule has 11 heteroatoms. The van der Waals surface area contributed by atoms with Crippen molar-refractivity contribution >= 4 is 39.3 Å². The van der Waals surface area contributed by atoms with Crippen molar-refractivity contribution in [1.82, 2.24) is 14.5 Å². The van der Waals surface area contributed by atoms with Crippen LogP contribution in [0.2, 0.25) is 10.0 Å². The highest BCUT2D eigenvalue weighted by atomic mass is 35.5. The molecule has 34 heavy (non-hydrogen) atoms. The number of carbonyl (C=O) groups is 1. The predicted octanol–water partition coefficient (Wildman–Crippen LogP) is 4.54. The molecule has 1 N–H and O–H groups in total. The molecule has 0 saturated carbocycles. The molecule has 2 heterocycles. The lowest BCUT2D eigenvalue weighted by Crippen LogP contribution is -2.52. The number of urea groups is 1. The van der Waals surface area contributed by atoms with Gasteiger partial charge in [0.05, 0.1) is 10.0 Å². The van der Waals surface area contributed by atoms with Gasteiger partial charge < -0.3 is 9.64 Å². The molecule has 0 aliphatic carbocycles. The zero-order chi connectivity index (χ0) is 24.3. The standard InChI is InChI=1S/C23H26Cl2FN3O4S/c24-19-3-1-2-4-22(19)34(31,32)27-23(30)29-11-7-17(8-12-29)28-13-9-18(10-14-28)33-21-6-5-16(26)15-20(21)25/h1-6,15,17-18H,7-14H2,(H,27,30). The summed E-state index contributed by atoms with van der Waals surface area (Å²) in [7, 11) is -4.04. The third-order valence-electron chi connectivity index (χ3n) is 6.28. The van der Waals surface area contributed by atoms with Crippen molar-refractivity contribution in [2.45, 2.75) is 42.7 Å². The first-order chi connectivity index (χ1) is 16.2. The molecule has 2 aromatic carbocycles. The van der Waals surface area contributed by atoms with Gasteiger partial charge in [-0.25, -0.2) is 22.3 Å². The number of benzene rings is 2. The van der Waals surface area contributed by atoms with Gasteiger partial charge >= 0.3 is 6.03 Å². The number of halogens is 3. The number of carbonyl (C=O) groups excluding carboxylic acids is 1. The number of rotatable bonds is 5. The van der Waals surface area contributed by atoms with Crippen LogP contribution in [0.4, 0.5) is 9.18 Å². The third-order valence-corrected chi connectivity index (χ3v) is 8.40. The molecular weight excluding hydrogens is 504 g/mol. The summed E-state index contributed by atoms with van der Waals surface area (Å²) in [4.78, 5) is 16.4. The molecule has 2 saturated heterocycles. The van der Waals surface area contributed by atoms with E-state index < -0.39 is 21.9 Å². The predicted molar refractivity (Wildman–Crippen MR) is 128 cm³/mol. The molecule has 0 radical (unpaired) electrons. The number of piperidine rings is 2. The van der Waals surface area contributed by atoms with E-state index in [1.807, 2.05) is 0 Å². The second-order valence-corrected chi connectivity index (χ2v) is 11.0. The van der Waals surface area contributed by atoms with Gasteiger partial charge in [-0.2, -0.15) is 0 Å². The average Bonchev–Trinajstić information content (AvgIpc) is 2.81. The summed E-state index contributed by atoms with van der Waals surface area (Å²) in [5.41, 5.74) is 0. The molecule has 2 amide bonds. The Morgan fingerprint density at radius 3 is 2.29 bits per heavy atom. The van der Waals surface area contributed by atoms with E-state index in [0.717, 1.165) is 38.8 Å². The van der Waals surface area contributed by atoms with Crippen LogP contribution in [-0.4, -0.2) is 62.6 Å². The lowest BCUT2D eigenvalue weighted by Gasteiger charge is -2.41. The lowest BCUT2D eigenvalue weighted by molar-refractivity contribution is 0.0540. The smallest absolute Gasteiger partial charge is 0.331 e. The van der Waals surface area contributed by atoms with Crippen molar-refractivity contribution in [2.75, 3.05) is 26.2 Å². The molecule has 2 aliphatic rings. The van der Waals surface area contributed by atoms with Crippen molar-refractivity contribution in [3.63, 3.8) is 0 Å². The molecule has 2 fully saturated rings. The highest BCUT2D eigenvalue weighted by molar-refractivity contribution is 7.90. The Morgan fingerprint density at radius 1 is 0.971 bits per heavy atom. The molecule has 0 atom stereocenters. The summed E-state index contributed by atoms with van der Waals surface area (Å²) in [5.74, 6) is 0.0984.